The van der Waals surface area contributed by atoms with Gasteiger partial charge in [-0.05, 0) is 86.1 Å². The second-order valence-corrected chi connectivity index (χ2v) is 8.12. The van der Waals surface area contributed by atoms with Gasteiger partial charge in [0.05, 0.1) is 12.7 Å². The standard InChI is InChI=1S/C23H30N2O3/c26-21-9-11-25(16-21)23(27)20-6-5-19-14-22(8-7-18(19)13-20)28-12-2-4-17-3-1-10-24-15-17/h5-8,13-14,17,21,24,26H,1-4,9-12,15-16H2. The van der Waals surface area contributed by atoms with Crippen molar-refractivity contribution in [2.75, 3.05) is 32.8 Å². The van der Waals surface area contributed by atoms with Crippen molar-refractivity contribution < 1.29 is 14.6 Å². The summed E-state index contributed by atoms with van der Waals surface area (Å²) < 4.78 is 5.95. The fraction of sp³-hybridized carbons (Fsp3) is 0.522. The average molecular weight is 383 g/mol. The minimum atomic E-state index is -0.390. The molecule has 2 heterocycles. The molecule has 0 bridgehead atoms. The molecule has 0 spiro atoms. The Morgan fingerprint density at radius 1 is 1.18 bits per heavy atom. The maximum atomic E-state index is 12.6. The SMILES string of the molecule is O=C(c1ccc2cc(OCCCC3CCCNC3)ccc2c1)N1CCC(O)C1. The first kappa shape index (κ1) is 19.2. The summed E-state index contributed by atoms with van der Waals surface area (Å²) in [6.45, 7) is 4.11. The van der Waals surface area contributed by atoms with Crippen LogP contribution in [0.5, 0.6) is 5.75 Å². The molecule has 4 rings (SSSR count). The summed E-state index contributed by atoms with van der Waals surface area (Å²) in [6.07, 6.45) is 5.20. The van der Waals surface area contributed by atoms with Crippen LogP contribution in [0.15, 0.2) is 36.4 Å². The number of aliphatic hydroxyl groups is 1. The van der Waals surface area contributed by atoms with Gasteiger partial charge in [0.2, 0.25) is 0 Å². The molecule has 0 aliphatic carbocycles. The fourth-order valence-electron chi connectivity index (χ4n) is 4.29. The van der Waals surface area contributed by atoms with Crippen molar-refractivity contribution in [2.45, 2.75) is 38.2 Å². The van der Waals surface area contributed by atoms with Crippen LogP contribution in [0.2, 0.25) is 0 Å². The van der Waals surface area contributed by atoms with Crippen molar-refractivity contribution in [3.8, 4) is 5.75 Å². The lowest BCUT2D eigenvalue weighted by atomic mass is 9.95. The van der Waals surface area contributed by atoms with Crippen LogP contribution in [-0.2, 0) is 0 Å². The summed E-state index contributed by atoms with van der Waals surface area (Å²) >= 11 is 0. The Hall–Kier alpha value is -2.11. The van der Waals surface area contributed by atoms with Gasteiger partial charge in [-0.3, -0.25) is 4.79 Å². The van der Waals surface area contributed by atoms with Crippen LogP contribution in [-0.4, -0.2) is 54.8 Å². The Balaban J connectivity index is 1.33. The number of nitrogens with zero attached hydrogens (tertiary/aromatic N) is 1. The van der Waals surface area contributed by atoms with Crippen LogP contribution in [0.25, 0.3) is 10.8 Å². The molecule has 2 aliphatic rings. The van der Waals surface area contributed by atoms with Gasteiger partial charge in [-0.25, -0.2) is 0 Å². The van der Waals surface area contributed by atoms with E-state index in [0.717, 1.165) is 48.6 Å². The van der Waals surface area contributed by atoms with Gasteiger partial charge in [0.15, 0.2) is 0 Å². The molecular formula is C23H30N2O3. The maximum absolute atomic E-state index is 12.6. The molecule has 28 heavy (non-hydrogen) atoms. The first-order chi connectivity index (χ1) is 13.7. The topological polar surface area (TPSA) is 61.8 Å². The predicted octanol–water partition coefficient (Wildman–Crippen LogP) is 3.21. The highest BCUT2D eigenvalue weighted by Gasteiger charge is 2.25. The molecule has 0 radical (unpaired) electrons. The summed E-state index contributed by atoms with van der Waals surface area (Å²) in [4.78, 5) is 14.3. The number of likely N-dealkylation sites (tertiary alicyclic amines) is 1. The van der Waals surface area contributed by atoms with E-state index in [1.54, 1.807) is 4.90 Å². The number of nitrogens with one attached hydrogen (secondary N) is 1. The molecule has 2 fully saturated rings. The van der Waals surface area contributed by atoms with Crippen molar-refractivity contribution >= 4 is 16.7 Å². The van der Waals surface area contributed by atoms with Crippen LogP contribution < -0.4 is 10.1 Å². The lowest BCUT2D eigenvalue weighted by Gasteiger charge is -2.22. The van der Waals surface area contributed by atoms with Crippen molar-refractivity contribution in [3.63, 3.8) is 0 Å². The number of β-amino-alcohol motifs (C(OH)–C–C–N with tert-alkyl or cyclic N) is 1. The summed E-state index contributed by atoms with van der Waals surface area (Å²) in [6, 6.07) is 11.8. The highest BCUT2D eigenvalue weighted by Crippen LogP contribution is 2.24. The minimum absolute atomic E-state index is 0.00372. The Labute approximate surface area is 166 Å². The van der Waals surface area contributed by atoms with E-state index in [9.17, 15) is 9.90 Å². The third-order valence-corrected chi connectivity index (χ3v) is 5.93. The van der Waals surface area contributed by atoms with Gasteiger partial charge in [-0.15, -0.1) is 0 Å². The fourth-order valence-corrected chi connectivity index (χ4v) is 4.29. The van der Waals surface area contributed by atoms with Gasteiger partial charge in [0.25, 0.3) is 5.91 Å². The first-order valence-corrected chi connectivity index (χ1v) is 10.5. The van der Waals surface area contributed by atoms with Gasteiger partial charge in [-0.1, -0.05) is 12.1 Å². The van der Waals surface area contributed by atoms with Gasteiger partial charge in [0.1, 0.15) is 5.75 Å². The highest BCUT2D eigenvalue weighted by atomic mass is 16.5. The van der Waals surface area contributed by atoms with Crippen molar-refractivity contribution in [3.05, 3.63) is 42.0 Å². The number of carbonyl (C=O) groups excluding carboxylic acids is 1. The molecule has 2 saturated heterocycles. The molecule has 2 unspecified atom stereocenters. The molecule has 150 valence electrons. The van der Waals surface area contributed by atoms with Crippen molar-refractivity contribution in [1.82, 2.24) is 10.2 Å². The number of rotatable bonds is 6. The van der Waals surface area contributed by atoms with Crippen LogP contribution in [0.3, 0.4) is 0 Å². The van der Waals surface area contributed by atoms with E-state index >= 15 is 0 Å². The number of ether oxygens (including phenoxy) is 1. The Bertz CT molecular complexity index is 817. The zero-order chi connectivity index (χ0) is 19.3. The highest BCUT2D eigenvalue weighted by molar-refractivity contribution is 5.99. The lowest BCUT2D eigenvalue weighted by Crippen LogP contribution is -2.29. The number of amides is 1. The van der Waals surface area contributed by atoms with Gasteiger partial charge < -0.3 is 20.1 Å². The summed E-state index contributed by atoms with van der Waals surface area (Å²) in [7, 11) is 0. The molecule has 0 saturated carbocycles. The molecule has 2 N–H and O–H groups in total. The Kier molecular flexibility index (Phi) is 6.13. The number of piperidine rings is 1. The third kappa shape index (κ3) is 4.65. The van der Waals surface area contributed by atoms with Crippen molar-refractivity contribution in [2.24, 2.45) is 5.92 Å². The number of carbonyl (C=O) groups is 1. The number of fused-ring (bicyclic) bond motifs is 1. The second-order valence-electron chi connectivity index (χ2n) is 8.12. The van der Waals surface area contributed by atoms with E-state index in [-0.39, 0.29) is 5.91 Å². The van der Waals surface area contributed by atoms with E-state index in [0.29, 0.717) is 25.1 Å². The monoisotopic (exact) mass is 382 g/mol. The Morgan fingerprint density at radius 3 is 2.82 bits per heavy atom. The van der Waals surface area contributed by atoms with Gasteiger partial charge in [-0.2, -0.15) is 0 Å². The van der Waals surface area contributed by atoms with E-state index < -0.39 is 6.10 Å². The maximum Gasteiger partial charge on any atom is 0.253 e. The molecule has 0 aromatic heterocycles. The number of hydrogen-bond donors (Lipinski definition) is 2. The van der Waals surface area contributed by atoms with Crippen LogP contribution >= 0.6 is 0 Å². The molecule has 2 aromatic carbocycles. The van der Waals surface area contributed by atoms with E-state index in [1.807, 2.05) is 36.4 Å². The number of aliphatic hydroxyl groups excluding tert-OH is 1. The van der Waals surface area contributed by atoms with Crippen LogP contribution in [0.1, 0.15) is 42.5 Å². The van der Waals surface area contributed by atoms with E-state index in [1.165, 1.54) is 19.3 Å². The van der Waals surface area contributed by atoms with Gasteiger partial charge in [0, 0.05) is 18.7 Å². The molecule has 2 aromatic rings. The summed E-state index contributed by atoms with van der Waals surface area (Å²) in [5.41, 5.74) is 0.677. The predicted molar refractivity (Wildman–Crippen MR) is 111 cm³/mol. The second kappa shape index (κ2) is 8.93. The zero-order valence-corrected chi connectivity index (χ0v) is 16.4. The zero-order valence-electron chi connectivity index (χ0n) is 16.4. The van der Waals surface area contributed by atoms with Crippen LogP contribution in [0.4, 0.5) is 0 Å². The lowest BCUT2D eigenvalue weighted by molar-refractivity contribution is 0.0765. The molecule has 5 nitrogen and oxygen atoms in total. The Morgan fingerprint density at radius 2 is 2.04 bits per heavy atom. The van der Waals surface area contributed by atoms with E-state index in [2.05, 4.69) is 5.32 Å². The largest absolute Gasteiger partial charge is 0.494 e. The normalized spacial score (nSPS) is 22.5. The quantitative estimate of drug-likeness (QED) is 0.753. The number of benzene rings is 2. The third-order valence-electron chi connectivity index (χ3n) is 5.93. The number of hydrogen-bond acceptors (Lipinski definition) is 4. The first-order valence-electron chi connectivity index (χ1n) is 10.5. The molecule has 1 amide bonds. The molecule has 2 atom stereocenters. The van der Waals surface area contributed by atoms with Crippen LogP contribution in [0, 0.1) is 5.92 Å². The molecule has 2 aliphatic heterocycles. The average Bonchev–Trinajstić information content (AvgIpc) is 3.17. The summed E-state index contributed by atoms with van der Waals surface area (Å²) in [5, 5.41) is 15.2. The smallest absolute Gasteiger partial charge is 0.253 e. The summed E-state index contributed by atoms with van der Waals surface area (Å²) in [5.74, 6) is 1.67. The van der Waals surface area contributed by atoms with E-state index in [4.69, 9.17) is 4.74 Å². The van der Waals surface area contributed by atoms with Crippen molar-refractivity contribution in [1.29, 1.82) is 0 Å². The van der Waals surface area contributed by atoms with Gasteiger partial charge >= 0.3 is 0 Å². The molecular weight excluding hydrogens is 352 g/mol. The molecule has 5 heteroatoms. The minimum Gasteiger partial charge on any atom is -0.494 e.